The van der Waals surface area contributed by atoms with Crippen molar-refractivity contribution in [2.45, 2.75) is 25.4 Å². The molecule has 2 aromatic rings. The first-order chi connectivity index (χ1) is 11.1. The molecule has 1 saturated heterocycles. The maximum Gasteiger partial charge on any atom is 0.248 e. The summed E-state index contributed by atoms with van der Waals surface area (Å²) in [7, 11) is 0. The maximum atomic E-state index is 11.1. The third-order valence-corrected chi connectivity index (χ3v) is 4.40. The van der Waals surface area contributed by atoms with Crippen LogP contribution in [0.5, 0.6) is 0 Å². The standard InChI is InChI=1S/C19H23N3O/c20-18-2-1-11-22(13-18)12-14-3-5-15(6-4-14)16-7-9-17(10-8-16)19(21)23/h3-10,18H,1-2,11-13,20H2,(H2,21,23)/t18-/m0/s1. The number of amides is 1. The molecule has 1 fully saturated rings. The van der Waals surface area contributed by atoms with E-state index >= 15 is 0 Å². The number of piperidine rings is 1. The number of hydrogen-bond acceptors (Lipinski definition) is 3. The van der Waals surface area contributed by atoms with Gasteiger partial charge >= 0.3 is 0 Å². The molecule has 0 aliphatic carbocycles. The first-order valence-corrected chi connectivity index (χ1v) is 8.09. The molecule has 1 heterocycles. The lowest BCUT2D eigenvalue weighted by Gasteiger charge is -2.30. The zero-order chi connectivity index (χ0) is 16.2. The molecular formula is C19H23N3O. The summed E-state index contributed by atoms with van der Waals surface area (Å²) in [5, 5.41) is 0. The van der Waals surface area contributed by atoms with Crippen LogP contribution in [0, 0.1) is 0 Å². The van der Waals surface area contributed by atoms with Crippen LogP contribution in [-0.2, 0) is 6.54 Å². The summed E-state index contributed by atoms with van der Waals surface area (Å²) in [5.41, 5.74) is 15.4. The first-order valence-electron chi connectivity index (χ1n) is 8.09. The SMILES string of the molecule is NC(=O)c1ccc(-c2ccc(CN3CCC[C@H](N)C3)cc2)cc1. The Morgan fingerprint density at radius 2 is 1.65 bits per heavy atom. The molecule has 4 nitrogen and oxygen atoms in total. The summed E-state index contributed by atoms with van der Waals surface area (Å²) < 4.78 is 0. The Kier molecular flexibility index (Phi) is 4.74. The number of benzene rings is 2. The zero-order valence-corrected chi connectivity index (χ0v) is 13.2. The van der Waals surface area contributed by atoms with Crippen LogP contribution in [0.2, 0.25) is 0 Å². The van der Waals surface area contributed by atoms with Gasteiger partial charge in [-0.05, 0) is 48.2 Å². The van der Waals surface area contributed by atoms with E-state index in [-0.39, 0.29) is 0 Å². The summed E-state index contributed by atoms with van der Waals surface area (Å²) in [6.45, 7) is 3.06. The Morgan fingerprint density at radius 1 is 1.04 bits per heavy atom. The Morgan fingerprint density at radius 3 is 2.22 bits per heavy atom. The van der Waals surface area contributed by atoms with Crippen LogP contribution in [0.1, 0.15) is 28.8 Å². The van der Waals surface area contributed by atoms with Crippen molar-refractivity contribution in [1.29, 1.82) is 0 Å². The minimum Gasteiger partial charge on any atom is -0.366 e. The van der Waals surface area contributed by atoms with Crippen LogP contribution in [0.25, 0.3) is 11.1 Å². The molecule has 0 saturated carbocycles. The smallest absolute Gasteiger partial charge is 0.248 e. The molecule has 1 atom stereocenters. The van der Waals surface area contributed by atoms with Gasteiger partial charge in [0.1, 0.15) is 0 Å². The molecule has 0 radical (unpaired) electrons. The van der Waals surface area contributed by atoms with E-state index in [2.05, 4.69) is 29.2 Å². The van der Waals surface area contributed by atoms with E-state index in [1.807, 2.05) is 12.1 Å². The molecular weight excluding hydrogens is 286 g/mol. The van der Waals surface area contributed by atoms with Gasteiger partial charge in [-0.3, -0.25) is 9.69 Å². The third-order valence-electron chi connectivity index (χ3n) is 4.40. The number of rotatable bonds is 4. The summed E-state index contributed by atoms with van der Waals surface area (Å²) in [6, 6.07) is 16.3. The normalized spacial score (nSPS) is 18.7. The topological polar surface area (TPSA) is 72.4 Å². The quantitative estimate of drug-likeness (QED) is 0.911. The molecule has 1 aliphatic heterocycles. The van der Waals surface area contributed by atoms with E-state index in [4.69, 9.17) is 11.5 Å². The summed E-state index contributed by atoms with van der Waals surface area (Å²) in [5.74, 6) is -0.397. The average Bonchev–Trinajstić information content (AvgIpc) is 2.56. The predicted octanol–water partition coefficient (Wildman–Crippen LogP) is 2.38. The minimum atomic E-state index is -0.397. The van der Waals surface area contributed by atoms with Gasteiger partial charge in [-0.2, -0.15) is 0 Å². The molecule has 0 spiro atoms. The zero-order valence-electron chi connectivity index (χ0n) is 13.2. The fraction of sp³-hybridized carbons (Fsp3) is 0.316. The van der Waals surface area contributed by atoms with E-state index in [9.17, 15) is 4.79 Å². The highest BCUT2D eigenvalue weighted by atomic mass is 16.1. The van der Waals surface area contributed by atoms with E-state index in [1.54, 1.807) is 12.1 Å². The Hall–Kier alpha value is -2.17. The lowest BCUT2D eigenvalue weighted by atomic mass is 10.0. The number of likely N-dealkylation sites (tertiary alicyclic amines) is 1. The van der Waals surface area contributed by atoms with Gasteiger partial charge in [0.15, 0.2) is 0 Å². The van der Waals surface area contributed by atoms with Crippen LogP contribution in [-0.4, -0.2) is 29.9 Å². The van der Waals surface area contributed by atoms with Gasteiger partial charge in [0, 0.05) is 24.7 Å². The van der Waals surface area contributed by atoms with Crippen molar-refractivity contribution in [3.63, 3.8) is 0 Å². The van der Waals surface area contributed by atoms with Crippen LogP contribution in [0.15, 0.2) is 48.5 Å². The number of primary amides is 1. The van der Waals surface area contributed by atoms with Crippen molar-refractivity contribution in [2.24, 2.45) is 11.5 Å². The fourth-order valence-electron chi connectivity index (χ4n) is 3.12. The Bertz CT molecular complexity index is 664. The number of nitrogens with two attached hydrogens (primary N) is 2. The highest BCUT2D eigenvalue weighted by molar-refractivity contribution is 5.93. The van der Waals surface area contributed by atoms with Gasteiger partial charge in [0.25, 0.3) is 0 Å². The van der Waals surface area contributed by atoms with Gasteiger partial charge in [-0.25, -0.2) is 0 Å². The highest BCUT2D eigenvalue weighted by Crippen LogP contribution is 2.21. The first kappa shape index (κ1) is 15.7. The van der Waals surface area contributed by atoms with Crippen molar-refractivity contribution in [3.05, 3.63) is 59.7 Å². The number of nitrogens with zero attached hydrogens (tertiary/aromatic N) is 1. The molecule has 0 bridgehead atoms. The van der Waals surface area contributed by atoms with Gasteiger partial charge < -0.3 is 11.5 Å². The van der Waals surface area contributed by atoms with Crippen molar-refractivity contribution in [3.8, 4) is 11.1 Å². The van der Waals surface area contributed by atoms with Crippen molar-refractivity contribution >= 4 is 5.91 Å². The molecule has 0 unspecified atom stereocenters. The number of carbonyl (C=O) groups excluding carboxylic acids is 1. The summed E-state index contributed by atoms with van der Waals surface area (Å²) in [4.78, 5) is 13.5. The molecule has 2 aromatic carbocycles. The predicted molar refractivity (Wildman–Crippen MR) is 92.9 cm³/mol. The highest BCUT2D eigenvalue weighted by Gasteiger charge is 2.16. The van der Waals surface area contributed by atoms with Crippen LogP contribution < -0.4 is 11.5 Å². The Balaban J connectivity index is 1.68. The fourth-order valence-corrected chi connectivity index (χ4v) is 3.12. The molecule has 23 heavy (non-hydrogen) atoms. The van der Waals surface area contributed by atoms with Crippen LogP contribution >= 0.6 is 0 Å². The lowest BCUT2D eigenvalue weighted by molar-refractivity contribution is 0.100. The van der Waals surface area contributed by atoms with E-state index < -0.39 is 5.91 Å². The van der Waals surface area contributed by atoms with Crippen LogP contribution in [0.4, 0.5) is 0 Å². The molecule has 4 heteroatoms. The number of carbonyl (C=O) groups is 1. The Labute approximate surface area is 137 Å². The molecule has 1 amide bonds. The summed E-state index contributed by atoms with van der Waals surface area (Å²) >= 11 is 0. The van der Waals surface area contributed by atoms with E-state index in [1.165, 1.54) is 12.0 Å². The van der Waals surface area contributed by atoms with E-state index in [0.29, 0.717) is 11.6 Å². The van der Waals surface area contributed by atoms with Gasteiger partial charge in [0.05, 0.1) is 0 Å². The maximum absolute atomic E-state index is 11.1. The van der Waals surface area contributed by atoms with Crippen LogP contribution in [0.3, 0.4) is 0 Å². The van der Waals surface area contributed by atoms with Crippen molar-refractivity contribution in [2.75, 3.05) is 13.1 Å². The second kappa shape index (κ2) is 6.94. The van der Waals surface area contributed by atoms with Crippen molar-refractivity contribution in [1.82, 2.24) is 4.90 Å². The largest absolute Gasteiger partial charge is 0.366 e. The molecule has 120 valence electrons. The third kappa shape index (κ3) is 3.97. The average molecular weight is 309 g/mol. The number of hydrogen-bond donors (Lipinski definition) is 2. The molecule has 4 N–H and O–H groups in total. The van der Waals surface area contributed by atoms with Gasteiger partial charge in [-0.15, -0.1) is 0 Å². The molecule has 3 rings (SSSR count). The monoisotopic (exact) mass is 309 g/mol. The summed E-state index contributed by atoms with van der Waals surface area (Å²) in [6.07, 6.45) is 2.32. The second-order valence-electron chi connectivity index (χ2n) is 6.28. The van der Waals surface area contributed by atoms with Crippen molar-refractivity contribution < 1.29 is 4.79 Å². The van der Waals surface area contributed by atoms with Gasteiger partial charge in [0.2, 0.25) is 5.91 Å². The second-order valence-corrected chi connectivity index (χ2v) is 6.28. The van der Waals surface area contributed by atoms with Gasteiger partial charge in [-0.1, -0.05) is 36.4 Å². The lowest BCUT2D eigenvalue weighted by Crippen LogP contribution is -2.42. The molecule has 1 aliphatic rings. The van der Waals surface area contributed by atoms with E-state index in [0.717, 1.165) is 37.2 Å². The minimum absolute atomic E-state index is 0.312. The molecule has 0 aromatic heterocycles.